The molecule has 0 bridgehead atoms. The highest BCUT2D eigenvalue weighted by molar-refractivity contribution is 5.66. The Kier molecular flexibility index (Phi) is 6.25. The molecule has 2 aromatic rings. The van der Waals surface area contributed by atoms with Crippen LogP contribution in [0.4, 0.5) is 11.4 Å². The predicted octanol–water partition coefficient (Wildman–Crippen LogP) is 2.25. The van der Waals surface area contributed by atoms with E-state index in [1.165, 1.54) is 0 Å². The lowest BCUT2D eigenvalue weighted by molar-refractivity contribution is -0.519. The number of carboxylic acid groups (broad SMARTS) is 1. The number of benzene rings is 1. The number of aromatic nitrogens is 1. The van der Waals surface area contributed by atoms with E-state index in [9.17, 15) is 14.9 Å². The van der Waals surface area contributed by atoms with E-state index >= 15 is 0 Å². The molecule has 1 saturated heterocycles. The summed E-state index contributed by atoms with van der Waals surface area (Å²) in [6, 6.07) is 10.8. The van der Waals surface area contributed by atoms with E-state index in [4.69, 9.17) is 9.84 Å². The number of nitrogens with zero attached hydrogens (tertiary/aromatic N) is 4. The van der Waals surface area contributed by atoms with Gasteiger partial charge in [0.25, 0.3) is 0 Å². The first-order valence-electron chi connectivity index (χ1n) is 9.04. The molecule has 1 unspecified atom stereocenters. The van der Waals surface area contributed by atoms with Crippen LogP contribution in [0.5, 0.6) is 5.75 Å². The molecule has 3 rings (SSSR count). The van der Waals surface area contributed by atoms with E-state index in [-0.39, 0.29) is 17.9 Å². The van der Waals surface area contributed by atoms with Crippen LogP contribution < -0.4 is 14.5 Å². The summed E-state index contributed by atoms with van der Waals surface area (Å²) in [6.07, 6.45) is 2.99. The first-order chi connectivity index (χ1) is 13.5. The van der Waals surface area contributed by atoms with Gasteiger partial charge in [-0.3, -0.25) is 19.9 Å². The van der Waals surface area contributed by atoms with Crippen LogP contribution in [0.1, 0.15) is 12.8 Å². The second-order valence-corrected chi connectivity index (χ2v) is 6.45. The van der Waals surface area contributed by atoms with Crippen molar-refractivity contribution in [2.75, 3.05) is 36.0 Å². The van der Waals surface area contributed by atoms with Crippen LogP contribution in [-0.4, -0.2) is 53.4 Å². The van der Waals surface area contributed by atoms with Crippen molar-refractivity contribution in [3.63, 3.8) is 0 Å². The smallest absolute Gasteiger partial charge is 0.304 e. The fraction of sp³-hybridized carbons (Fsp3) is 0.368. The molecule has 0 saturated carbocycles. The van der Waals surface area contributed by atoms with Gasteiger partial charge in [0.1, 0.15) is 12.3 Å². The summed E-state index contributed by atoms with van der Waals surface area (Å²) in [4.78, 5) is 29.7. The van der Waals surface area contributed by atoms with Crippen molar-refractivity contribution in [2.45, 2.75) is 19.0 Å². The SMILES string of the molecule is O=C(O)CCCOc1ccc(N2CCN(c3ccncc3)CC2[N+](=O)[O-])cc1. The number of rotatable bonds is 8. The number of pyridine rings is 1. The van der Waals surface area contributed by atoms with Crippen molar-refractivity contribution in [1.29, 1.82) is 0 Å². The van der Waals surface area contributed by atoms with Gasteiger partial charge < -0.3 is 19.6 Å². The summed E-state index contributed by atoms with van der Waals surface area (Å²) >= 11 is 0. The lowest BCUT2D eigenvalue weighted by atomic mass is 10.2. The van der Waals surface area contributed by atoms with E-state index in [1.807, 2.05) is 17.0 Å². The van der Waals surface area contributed by atoms with Gasteiger partial charge in [0.2, 0.25) is 0 Å². The fourth-order valence-corrected chi connectivity index (χ4v) is 3.18. The van der Waals surface area contributed by atoms with Gasteiger partial charge in [0, 0.05) is 48.2 Å². The molecule has 148 valence electrons. The van der Waals surface area contributed by atoms with Crippen LogP contribution in [0.3, 0.4) is 0 Å². The zero-order valence-electron chi connectivity index (χ0n) is 15.3. The summed E-state index contributed by atoms with van der Waals surface area (Å²) < 4.78 is 5.52. The third-order valence-corrected chi connectivity index (χ3v) is 4.60. The van der Waals surface area contributed by atoms with Crippen LogP contribution in [0.2, 0.25) is 0 Å². The van der Waals surface area contributed by atoms with Gasteiger partial charge in [-0.2, -0.15) is 0 Å². The zero-order chi connectivity index (χ0) is 19.9. The second-order valence-electron chi connectivity index (χ2n) is 6.45. The van der Waals surface area contributed by atoms with Crippen molar-refractivity contribution in [3.05, 3.63) is 58.9 Å². The van der Waals surface area contributed by atoms with Crippen LogP contribution in [0.25, 0.3) is 0 Å². The third-order valence-electron chi connectivity index (χ3n) is 4.60. The molecule has 0 aliphatic carbocycles. The Morgan fingerprint density at radius 1 is 1.18 bits per heavy atom. The summed E-state index contributed by atoms with van der Waals surface area (Å²) in [5.74, 6) is -0.238. The maximum Gasteiger partial charge on any atom is 0.304 e. The highest BCUT2D eigenvalue weighted by Gasteiger charge is 2.35. The monoisotopic (exact) mass is 386 g/mol. The largest absolute Gasteiger partial charge is 0.494 e. The molecular weight excluding hydrogens is 364 g/mol. The maximum absolute atomic E-state index is 11.7. The minimum atomic E-state index is -0.857. The van der Waals surface area contributed by atoms with Crippen molar-refractivity contribution in [1.82, 2.24) is 4.98 Å². The number of piperazine rings is 1. The number of anilines is 2. The molecule has 0 spiro atoms. The van der Waals surface area contributed by atoms with E-state index in [0.717, 1.165) is 11.4 Å². The van der Waals surface area contributed by atoms with Crippen molar-refractivity contribution < 1.29 is 19.6 Å². The molecule has 0 amide bonds. The summed E-state index contributed by atoms with van der Waals surface area (Å²) in [5.41, 5.74) is 1.68. The average Bonchev–Trinajstić information content (AvgIpc) is 2.72. The quantitative estimate of drug-likeness (QED) is 0.418. The third kappa shape index (κ3) is 4.87. The fourth-order valence-electron chi connectivity index (χ4n) is 3.18. The minimum Gasteiger partial charge on any atom is -0.494 e. The Hall–Kier alpha value is -3.36. The standard InChI is InChI=1S/C19H22N4O5/c24-19(25)2-1-13-28-17-5-3-16(4-6-17)22-12-11-21(14-18(22)23(26)27)15-7-9-20-10-8-15/h3-10,18H,1-2,11-14H2,(H,24,25). The number of aliphatic carboxylic acids is 1. The van der Waals surface area contributed by atoms with Gasteiger partial charge >= 0.3 is 12.1 Å². The maximum atomic E-state index is 11.7. The Bertz CT molecular complexity index is 800. The second kappa shape index (κ2) is 9.03. The molecule has 9 heteroatoms. The van der Waals surface area contributed by atoms with Crippen molar-refractivity contribution in [3.8, 4) is 5.75 Å². The molecule has 9 nitrogen and oxygen atoms in total. The molecule has 1 fully saturated rings. The van der Waals surface area contributed by atoms with Gasteiger partial charge in [-0.1, -0.05) is 0 Å². The number of nitro groups is 1. The molecule has 1 aliphatic rings. The van der Waals surface area contributed by atoms with Gasteiger partial charge in [0.15, 0.2) is 0 Å². The normalized spacial score (nSPS) is 16.6. The summed E-state index contributed by atoms with van der Waals surface area (Å²) in [5, 5.41) is 20.3. The summed E-state index contributed by atoms with van der Waals surface area (Å²) in [6.45, 7) is 1.78. The highest BCUT2D eigenvalue weighted by Crippen LogP contribution is 2.26. The molecule has 1 atom stereocenters. The Morgan fingerprint density at radius 2 is 1.89 bits per heavy atom. The molecule has 1 aliphatic heterocycles. The molecular formula is C19H22N4O5. The van der Waals surface area contributed by atoms with Crippen LogP contribution >= 0.6 is 0 Å². The average molecular weight is 386 g/mol. The number of hydrogen-bond donors (Lipinski definition) is 1. The number of ether oxygens (including phenoxy) is 1. The zero-order valence-corrected chi connectivity index (χ0v) is 15.3. The lowest BCUT2D eigenvalue weighted by Crippen LogP contribution is -2.56. The molecule has 2 heterocycles. The van der Waals surface area contributed by atoms with Crippen molar-refractivity contribution in [2.24, 2.45) is 0 Å². The Labute approximate surface area is 162 Å². The van der Waals surface area contributed by atoms with Gasteiger partial charge in [-0.05, 0) is 42.8 Å². The molecule has 0 radical (unpaired) electrons. The molecule has 1 aromatic heterocycles. The van der Waals surface area contributed by atoms with E-state index in [2.05, 4.69) is 4.98 Å². The van der Waals surface area contributed by atoms with Gasteiger partial charge in [-0.15, -0.1) is 0 Å². The van der Waals surface area contributed by atoms with Gasteiger partial charge in [0.05, 0.1) is 6.61 Å². The van der Waals surface area contributed by atoms with E-state index < -0.39 is 12.1 Å². The van der Waals surface area contributed by atoms with E-state index in [1.54, 1.807) is 41.6 Å². The highest BCUT2D eigenvalue weighted by atomic mass is 16.6. The predicted molar refractivity (Wildman–Crippen MR) is 103 cm³/mol. The Morgan fingerprint density at radius 3 is 2.54 bits per heavy atom. The number of hydrogen-bond acceptors (Lipinski definition) is 7. The number of carbonyl (C=O) groups is 1. The lowest BCUT2D eigenvalue weighted by Gasteiger charge is -2.38. The topological polar surface area (TPSA) is 109 Å². The van der Waals surface area contributed by atoms with Gasteiger partial charge in [-0.25, -0.2) is 0 Å². The van der Waals surface area contributed by atoms with Crippen LogP contribution in [-0.2, 0) is 4.79 Å². The van der Waals surface area contributed by atoms with Crippen LogP contribution in [0, 0.1) is 10.1 Å². The first kappa shape index (κ1) is 19.4. The Balaban J connectivity index is 1.63. The minimum absolute atomic E-state index is 0.0599. The molecule has 28 heavy (non-hydrogen) atoms. The molecule has 1 aromatic carbocycles. The molecule has 1 N–H and O–H groups in total. The van der Waals surface area contributed by atoms with Crippen LogP contribution in [0.15, 0.2) is 48.8 Å². The summed E-state index contributed by atoms with van der Waals surface area (Å²) in [7, 11) is 0. The van der Waals surface area contributed by atoms with Crippen molar-refractivity contribution >= 4 is 17.3 Å². The first-order valence-corrected chi connectivity index (χ1v) is 9.04. The van der Waals surface area contributed by atoms with E-state index in [0.29, 0.717) is 31.9 Å². The number of carboxylic acids is 1.